The lowest BCUT2D eigenvalue weighted by atomic mass is 10.0. The standard InChI is InChI=1S/C25H25O2P/c1-3-10-19(11-4-1)27-23-16-8-7-14-21(23)22-15-9-17-24-25(22)28(18-26-24)20-12-5-2-6-13-20/h1,3-4,7-11,14-17,20H,2,5-6,12-13,18H2/t28-/m0/s1. The molecule has 1 fully saturated rings. The molecule has 1 saturated carbocycles. The number of hydrogen-bond donors (Lipinski definition) is 0. The summed E-state index contributed by atoms with van der Waals surface area (Å²) in [6, 6.07) is 24.9. The molecular weight excluding hydrogens is 363 g/mol. The van der Waals surface area contributed by atoms with Crippen LogP contribution in [0.1, 0.15) is 32.1 Å². The van der Waals surface area contributed by atoms with Crippen molar-refractivity contribution in [3.05, 3.63) is 72.8 Å². The normalized spacial score (nSPS) is 19.1. The first-order valence-corrected chi connectivity index (χ1v) is 11.8. The fourth-order valence-electron chi connectivity index (χ4n) is 4.43. The van der Waals surface area contributed by atoms with E-state index in [1.54, 1.807) is 0 Å². The third-order valence-electron chi connectivity index (χ3n) is 5.81. The molecule has 0 unspecified atom stereocenters. The van der Waals surface area contributed by atoms with Crippen molar-refractivity contribution in [2.45, 2.75) is 37.8 Å². The smallest absolute Gasteiger partial charge is 0.135 e. The molecule has 3 aromatic rings. The molecular formula is C25H25O2P. The predicted molar refractivity (Wildman–Crippen MR) is 117 cm³/mol. The summed E-state index contributed by atoms with van der Waals surface area (Å²) in [5, 5.41) is 1.45. The first kappa shape index (κ1) is 17.8. The molecule has 0 saturated heterocycles. The van der Waals surface area contributed by atoms with E-state index in [4.69, 9.17) is 9.47 Å². The number of para-hydroxylation sites is 2. The lowest BCUT2D eigenvalue weighted by Crippen LogP contribution is -2.17. The van der Waals surface area contributed by atoms with Crippen molar-refractivity contribution in [2.75, 3.05) is 6.35 Å². The molecule has 0 radical (unpaired) electrons. The van der Waals surface area contributed by atoms with Crippen LogP contribution in [-0.4, -0.2) is 12.0 Å². The highest BCUT2D eigenvalue weighted by Crippen LogP contribution is 2.54. The van der Waals surface area contributed by atoms with E-state index >= 15 is 0 Å². The first-order valence-electron chi connectivity index (χ1n) is 10.2. The van der Waals surface area contributed by atoms with E-state index in [0.29, 0.717) is 0 Å². The quantitative estimate of drug-likeness (QED) is 0.451. The number of benzene rings is 3. The van der Waals surface area contributed by atoms with E-state index in [2.05, 4.69) is 36.4 Å². The minimum Gasteiger partial charge on any atom is -0.488 e. The Hall–Kier alpha value is -2.31. The average Bonchev–Trinajstić information content (AvgIpc) is 3.20. The van der Waals surface area contributed by atoms with E-state index in [1.165, 1.54) is 43.0 Å². The highest BCUT2D eigenvalue weighted by Gasteiger charge is 2.34. The van der Waals surface area contributed by atoms with Crippen LogP contribution in [0.3, 0.4) is 0 Å². The topological polar surface area (TPSA) is 18.5 Å². The molecule has 3 aromatic carbocycles. The zero-order valence-corrected chi connectivity index (χ0v) is 16.9. The molecule has 1 aliphatic carbocycles. The van der Waals surface area contributed by atoms with Gasteiger partial charge >= 0.3 is 0 Å². The summed E-state index contributed by atoms with van der Waals surface area (Å²) in [6.07, 6.45) is 7.72. The highest BCUT2D eigenvalue weighted by atomic mass is 31.1. The number of ether oxygens (including phenoxy) is 2. The van der Waals surface area contributed by atoms with Gasteiger partial charge in [0.25, 0.3) is 0 Å². The van der Waals surface area contributed by atoms with Gasteiger partial charge in [-0.05, 0) is 56.3 Å². The Morgan fingerprint density at radius 3 is 2.36 bits per heavy atom. The summed E-state index contributed by atoms with van der Waals surface area (Å²) in [7, 11) is -0.273. The lowest BCUT2D eigenvalue weighted by Gasteiger charge is -2.28. The van der Waals surface area contributed by atoms with Crippen molar-refractivity contribution in [2.24, 2.45) is 0 Å². The van der Waals surface area contributed by atoms with Crippen LogP contribution in [0.4, 0.5) is 0 Å². The third kappa shape index (κ3) is 3.42. The molecule has 0 amide bonds. The minimum absolute atomic E-state index is 0.273. The number of rotatable bonds is 4. The van der Waals surface area contributed by atoms with E-state index in [-0.39, 0.29) is 7.92 Å². The molecule has 2 nitrogen and oxygen atoms in total. The van der Waals surface area contributed by atoms with Gasteiger partial charge < -0.3 is 9.47 Å². The molecule has 3 heteroatoms. The van der Waals surface area contributed by atoms with Crippen LogP contribution in [-0.2, 0) is 0 Å². The van der Waals surface area contributed by atoms with Gasteiger partial charge in [0.15, 0.2) is 0 Å². The maximum Gasteiger partial charge on any atom is 0.135 e. The Morgan fingerprint density at radius 1 is 0.750 bits per heavy atom. The van der Waals surface area contributed by atoms with Crippen molar-refractivity contribution in [3.8, 4) is 28.4 Å². The van der Waals surface area contributed by atoms with Gasteiger partial charge in [0.05, 0.1) is 0 Å². The molecule has 1 aliphatic heterocycles. The fraction of sp³-hybridized carbons (Fsp3) is 0.280. The Kier molecular flexibility index (Phi) is 5.06. The molecule has 0 spiro atoms. The molecule has 1 heterocycles. The highest BCUT2D eigenvalue weighted by molar-refractivity contribution is 7.67. The molecule has 0 aromatic heterocycles. The average molecular weight is 388 g/mol. The van der Waals surface area contributed by atoms with Gasteiger partial charge in [0.2, 0.25) is 0 Å². The molecule has 5 rings (SSSR count). The zero-order valence-electron chi connectivity index (χ0n) is 16.0. The molecule has 0 N–H and O–H groups in total. The summed E-state index contributed by atoms with van der Waals surface area (Å²) in [6.45, 7) is 0. The number of fused-ring (bicyclic) bond motifs is 1. The minimum atomic E-state index is -0.273. The monoisotopic (exact) mass is 388 g/mol. The molecule has 0 bridgehead atoms. The van der Waals surface area contributed by atoms with E-state index in [0.717, 1.165) is 34.8 Å². The zero-order chi connectivity index (χ0) is 18.8. The summed E-state index contributed by atoms with van der Waals surface area (Å²) in [5.74, 6) is 2.87. The van der Waals surface area contributed by atoms with Gasteiger partial charge in [0, 0.05) is 10.9 Å². The van der Waals surface area contributed by atoms with Crippen molar-refractivity contribution < 1.29 is 9.47 Å². The molecule has 2 aliphatic rings. The van der Waals surface area contributed by atoms with Gasteiger partial charge in [0.1, 0.15) is 23.6 Å². The summed E-state index contributed by atoms with van der Waals surface area (Å²) >= 11 is 0. The van der Waals surface area contributed by atoms with Crippen LogP contribution in [0.2, 0.25) is 0 Å². The Balaban J connectivity index is 1.56. The van der Waals surface area contributed by atoms with E-state index < -0.39 is 0 Å². The summed E-state index contributed by atoms with van der Waals surface area (Å²) in [4.78, 5) is 0. The maximum absolute atomic E-state index is 6.27. The molecule has 142 valence electrons. The lowest BCUT2D eigenvalue weighted by molar-refractivity contribution is 0.399. The second-order valence-corrected chi connectivity index (χ2v) is 9.97. The van der Waals surface area contributed by atoms with E-state index in [9.17, 15) is 0 Å². The predicted octanol–water partition coefficient (Wildman–Crippen LogP) is 6.94. The third-order valence-corrected chi connectivity index (χ3v) is 8.65. The van der Waals surface area contributed by atoms with Crippen molar-refractivity contribution >= 4 is 13.2 Å². The van der Waals surface area contributed by atoms with Gasteiger partial charge in [-0.3, -0.25) is 0 Å². The maximum atomic E-state index is 6.27. The molecule has 28 heavy (non-hydrogen) atoms. The van der Waals surface area contributed by atoms with Gasteiger partial charge in [-0.1, -0.05) is 67.8 Å². The van der Waals surface area contributed by atoms with Gasteiger partial charge in [-0.15, -0.1) is 0 Å². The Bertz CT molecular complexity index is 948. The van der Waals surface area contributed by atoms with E-state index in [1.807, 2.05) is 36.4 Å². The molecule has 1 atom stereocenters. The first-order chi connectivity index (χ1) is 13.9. The largest absolute Gasteiger partial charge is 0.488 e. The second-order valence-electron chi connectivity index (χ2n) is 7.60. The Labute approximate surface area is 168 Å². The van der Waals surface area contributed by atoms with Crippen LogP contribution >= 0.6 is 7.92 Å². The van der Waals surface area contributed by atoms with Crippen molar-refractivity contribution in [3.63, 3.8) is 0 Å². The van der Waals surface area contributed by atoms with Crippen molar-refractivity contribution in [1.82, 2.24) is 0 Å². The Morgan fingerprint density at radius 2 is 1.50 bits per heavy atom. The van der Waals surface area contributed by atoms with Crippen LogP contribution in [0.5, 0.6) is 17.2 Å². The van der Waals surface area contributed by atoms with Crippen LogP contribution in [0.25, 0.3) is 11.1 Å². The SMILES string of the molecule is c1ccc(Oc2ccccc2-c2cccc3c2[P@](C2CCCCC2)CO3)cc1. The van der Waals surface area contributed by atoms with Crippen LogP contribution in [0, 0.1) is 0 Å². The van der Waals surface area contributed by atoms with Gasteiger partial charge in [-0.2, -0.15) is 0 Å². The van der Waals surface area contributed by atoms with Crippen LogP contribution in [0.15, 0.2) is 72.8 Å². The summed E-state index contributed by atoms with van der Waals surface area (Å²) in [5.41, 5.74) is 3.25. The van der Waals surface area contributed by atoms with Crippen molar-refractivity contribution in [1.29, 1.82) is 0 Å². The summed E-state index contributed by atoms with van der Waals surface area (Å²) < 4.78 is 12.4. The second kappa shape index (κ2) is 7.97. The number of hydrogen-bond acceptors (Lipinski definition) is 2. The van der Waals surface area contributed by atoms with Gasteiger partial charge in [-0.25, -0.2) is 0 Å². The fourth-order valence-corrected chi connectivity index (χ4v) is 7.33. The van der Waals surface area contributed by atoms with Crippen LogP contribution < -0.4 is 14.8 Å².